The van der Waals surface area contributed by atoms with Crippen molar-refractivity contribution in [2.45, 2.75) is 95.0 Å². The Labute approximate surface area is 298 Å². The molecule has 1 aromatic rings. The fraction of sp³-hybridized carbons (Fsp3) is 0.737. The number of esters is 4. The van der Waals surface area contributed by atoms with Gasteiger partial charge < -0.3 is 37.9 Å². The number of rotatable bonds is 11. The second kappa shape index (κ2) is 12.7. The number of methoxy groups -OCH3 is 4. The molecule has 0 amide bonds. The second-order valence-corrected chi connectivity index (χ2v) is 15.5. The van der Waals surface area contributed by atoms with Gasteiger partial charge in [-0.15, -0.1) is 0 Å². The van der Waals surface area contributed by atoms with E-state index in [4.69, 9.17) is 37.9 Å². The zero-order chi connectivity index (χ0) is 36.7. The highest BCUT2D eigenvalue weighted by molar-refractivity contribution is 5.89. The van der Waals surface area contributed by atoms with Crippen molar-refractivity contribution < 1.29 is 57.1 Å². The molecule has 1 saturated heterocycles. The first-order valence-electron chi connectivity index (χ1n) is 18.0. The average Bonchev–Trinajstić information content (AvgIpc) is 3.46. The summed E-state index contributed by atoms with van der Waals surface area (Å²) in [7, 11) is 6.46. The molecule has 7 rings (SSSR count). The Morgan fingerprint density at radius 2 is 1.51 bits per heavy atom. The van der Waals surface area contributed by atoms with Crippen LogP contribution in [-0.4, -0.2) is 119 Å². The molecule has 0 radical (unpaired) electrons. The zero-order valence-corrected chi connectivity index (χ0v) is 30.8. The number of ether oxygens (including phenoxy) is 8. The van der Waals surface area contributed by atoms with Crippen molar-refractivity contribution >= 4 is 23.9 Å². The molecule has 6 aliphatic rings. The number of piperidine rings is 1. The molecule has 51 heavy (non-hydrogen) atoms. The first kappa shape index (κ1) is 36.1. The van der Waals surface area contributed by atoms with Gasteiger partial charge in [-0.25, -0.2) is 4.79 Å². The van der Waals surface area contributed by atoms with Gasteiger partial charge in [0.1, 0.15) is 23.6 Å². The number of likely N-dealkylation sites (tertiary alicyclic amines) is 1. The number of hydrogen-bond donors (Lipinski definition) is 0. The van der Waals surface area contributed by atoms with Gasteiger partial charge in [0.25, 0.3) is 0 Å². The SMILES string of the molecule is CCN1C[C@]2(COC)C(OC(C)=O)CC[C@@]34[C@@H]5C[C@@]6(OC(C)=O)[C@@H](OC)C[C@@](OC(C)=O)([C@H]5[C@H]6OC(=O)c5ccc(OC)cc5)[C@@H]([C@H](OC)[C@H]23)[C@@H]14. The molecule has 6 fully saturated rings. The van der Waals surface area contributed by atoms with E-state index in [1.807, 2.05) is 0 Å². The summed E-state index contributed by atoms with van der Waals surface area (Å²) in [5, 5.41) is 0. The smallest absolute Gasteiger partial charge is 0.338 e. The zero-order valence-electron chi connectivity index (χ0n) is 30.8. The quantitative estimate of drug-likeness (QED) is 0.245. The monoisotopic (exact) mass is 713 g/mol. The van der Waals surface area contributed by atoms with Crippen LogP contribution in [0.2, 0.25) is 0 Å². The lowest BCUT2D eigenvalue weighted by atomic mass is 9.43. The Morgan fingerprint density at radius 3 is 2.08 bits per heavy atom. The molecule has 5 aliphatic carbocycles. The molecule has 1 aromatic carbocycles. The fourth-order valence-electron chi connectivity index (χ4n) is 12.9. The molecule has 13 heteroatoms. The van der Waals surface area contributed by atoms with Crippen LogP contribution in [0.25, 0.3) is 0 Å². The Hall–Kier alpha value is -3.26. The molecule has 0 N–H and O–H groups in total. The third-order valence-electron chi connectivity index (χ3n) is 13.7. The molecule has 0 aromatic heterocycles. The Morgan fingerprint density at radius 1 is 0.824 bits per heavy atom. The van der Waals surface area contributed by atoms with Gasteiger partial charge in [0.15, 0.2) is 11.7 Å². The van der Waals surface area contributed by atoms with E-state index in [0.717, 1.165) is 0 Å². The second-order valence-electron chi connectivity index (χ2n) is 15.5. The predicted octanol–water partition coefficient (Wildman–Crippen LogP) is 3.20. The van der Waals surface area contributed by atoms with Crippen LogP contribution in [0.5, 0.6) is 5.75 Å². The molecule has 1 aliphatic heterocycles. The Bertz CT molecular complexity index is 1570. The van der Waals surface area contributed by atoms with Crippen LogP contribution in [0.15, 0.2) is 24.3 Å². The summed E-state index contributed by atoms with van der Waals surface area (Å²) >= 11 is 0. The summed E-state index contributed by atoms with van der Waals surface area (Å²) < 4.78 is 50.1. The number of benzene rings is 1. The normalized spacial score (nSPS) is 42.9. The molecule has 13 nitrogen and oxygen atoms in total. The number of carbonyl (C=O) groups excluding carboxylic acids is 4. The van der Waals surface area contributed by atoms with Crippen molar-refractivity contribution in [1.82, 2.24) is 4.90 Å². The van der Waals surface area contributed by atoms with E-state index in [0.29, 0.717) is 50.3 Å². The molecule has 13 atom stereocenters. The van der Waals surface area contributed by atoms with Crippen molar-refractivity contribution in [1.29, 1.82) is 0 Å². The van der Waals surface area contributed by atoms with Crippen molar-refractivity contribution in [2.75, 3.05) is 48.1 Å². The molecule has 280 valence electrons. The molecule has 7 bridgehead atoms. The summed E-state index contributed by atoms with van der Waals surface area (Å²) in [6, 6.07) is 6.51. The highest BCUT2D eigenvalue weighted by Crippen LogP contribution is 2.81. The predicted molar refractivity (Wildman–Crippen MR) is 179 cm³/mol. The fourth-order valence-corrected chi connectivity index (χ4v) is 12.9. The molecular weight excluding hydrogens is 662 g/mol. The van der Waals surface area contributed by atoms with E-state index in [-0.39, 0.29) is 36.2 Å². The molecule has 1 heterocycles. The maximum absolute atomic E-state index is 14.1. The summed E-state index contributed by atoms with van der Waals surface area (Å²) in [6.45, 7) is 7.89. The Kier molecular flexibility index (Phi) is 8.99. The van der Waals surface area contributed by atoms with Crippen LogP contribution in [0.4, 0.5) is 0 Å². The summed E-state index contributed by atoms with van der Waals surface area (Å²) in [5.41, 5.74) is -3.47. The van der Waals surface area contributed by atoms with Gasteiger partial charge >= 0.3 is 23.9 Å². The van der Waals surface area contributed by atoms with Crippen molar-refractivity contribution in [2.24, 2.45) is 34.5 Å². The number of nitrogens with zero attached hydrogens (tertiary/aromatic N) is 1. The van der Waals surface area contributed by atoms with Gasteiger partial charge in [-0.1, -0.05) is 6.92 Å². The van der Waals surface area contributed by atoms with Crippen LogP contribution in [0.3, 0.4) is 0 Å². The largest absolute Gasteiger partial charge is 0.497 e. The van der Waals surface area contributed by atoms with E-state index in [2.05, 4.69) is 11.8 Å². The van der Waals surface area contributed by atoms with Crippen LogP contribution in [-0.2, 0) is 47.5 Å². The van der Waals surface area contributed by atoms with Gasteiger partial charge in [-0.3, -0.25) is 19.3 Å². The van der Waals surface area contributed by atoms with Crippen molar-refractivity contribution in [3.05, 3.63) is 29.8 Å². The number of carbonyl (C=O) groups is 4. The summed E-state index contributed by atoms with van der Waals surface area (Å²) in [6.07, 6.45) is -0.908. The van der Waals surface area contributed by atoms with Crippen molar-refractivity contribution in [3.63, 3.8) is 0 Å². The lowest BCUT2D eigenvalue weighted by molar-refractivity contribution is -0.280. The van der Waals surface area contributed by atoms with Gasteiger partial charge in [-0.05, 0) is 61.4 Å². The van der Waals surface area contributed by atoms with Crippen LogP contribution in [0, 0.1) is 34.5 Å². The average molecular weight is 714 g/mol. The third kappa shape index (κ3) is 4.79. The molecule has 1 spiro atoms. The summed E-state index contributed by atoms with van der Waals surface area (Å²) in [4.78, 5) is 55.8. The maximum Gasteiger partial charge on any atom is 0.338 e. The van der Waals surface area contributed by atoms with E-state index in [1.165, 1.54) is 20.8 Å². The highest BCUT2D eigenvalue weighted by Gasteiger charge is 2.89. The highest BCUT2D eigenvalue weighted by atomic mass is 16.6. The topological polar surface area (TPSA) is 145 Å². The van der Waals surface area contributed by atoms with Crippen LogP contribution >= 0.6 is 0 Å². The molecule has 5 saturated carbocycles. The van der Waals surface area contributed by atoms with Gasteiger partial charge in [-0.2, -0.15) is 0 Å². The van der Waals surface area contributed by atoms with Crippen molar-refractivity contribution in [3.8, 4) is 5.75 Å². The number of fused-ring (bicyclic) bond motifs is 2. The summed E-state index contributed by atoms with van der Waals surface area (Å²) in [5.74, 6) is -2.81. The van der Waals surface area contributed by atoms with Gasteiger partial charge in [0, 0.05) is 84.3 Å². The number of hydrogen-bond acceptors (Lipinski definition) is 13. The lowest BCUT2D eigenvalue weighted by Crippen LogP contribution is -2.76. The van der Waals surface area contributed by atoms with Crippen LogP contribution in [0.1, 0.15) is 63.7 Å². The van der Waals surface area contributed by atoms with E-state index in [1.54, 1.807) is 52.7 Å². The Balaban J connectivity index is 1.48. The van der Waals surface area contributed by atoms with Gasteiger partial charge in [0.05, 0.1) is 25.4 Å². The minimum atomic E-state index is -1.37. The standard InChI is InChI=1S/C38H51NO12/c1-9-39-18-35(19-44-5)26(48-20(2)40)14-15-36-25-16-37(50-21(3)41)27(46-7)17-38(51-22(4)42,29(32(36)39)30(47-8)31(35)36)28(25)33(37)49-34(43)23-10-12-24(45-6)13-11-23/h10-13,25-33H,9,14-19H2,1-8H3/t25-,26?,27+,28-,29+,30+,31-,32-,33-,35+,36-,37-,38-/m1/s1. The van der Waals surface area contributed by atoms with E-state index < -0.39 is 70.3 Å². The maximum atomic E-state index is 14.1. The van der Waals surface area contributed by atoms with Gasteiger partial charge in [0.2, 0.25) is 0 Å². The van der Waals surface area contributed by atoms with E-state index >= 15 is 0 Å². The minimum Gasteiger partial charge on any atom is -0.497 e. The first-order chi connectivity index (χ1) is 24.3. The molecular formula is C38H51NO12. The van der Waals surface area contributed by atoms with Crippen LogP contribution < -0.4 is 4.74 Å². The minimum absolute atomic E-state index is 0.108. The molecule has 1 unspecified atom stereocenters. The lowest BCUT2D eigenvalue weighted by Gasteiger charge is -2.68. The first-order valence-corrected chi connectivity index (χ1v) is 18.0. The third-order valence-corrected chi connectivity index (χ3v) is 13.7. The van der Waals surface area contributed by atoms with E-state index in [9.17, 15) is 19.2 Å².